The van der Waals surface area contributed by atoms with Crippen LogP contribution in [0.25, 0.3) is 88.4 Å². The molecule has 0 saturated carbocycles. The lowest BCUT2D eigenvalue weighted by atomic mass is 9.94. The molecule has 0 amide bonds. The van der Waals surface area contributed by atoms with Gasteiger partial charge < -0.3 is 18.6 Å². The van der Waals surface area contributed by atoms with Crippen LogP contribution < -0.4 is 9.47 Å². The Bertz CT molecular complexity index is 2900. The van der Waals surface area contributed by atoms with Gasteiger partial charge in [-0.1, -0.05) is 96.1 Å². The summed E-state index contributed by atoms with van der Waals surface area (Å²) in [5.41, 5.74) is 16.0. The maximum atomic E-state index is 6.02. The van der Waals surface area contributed by atoms with Crippen molar-refractivity contribution in [3.05, 3.63) is 181 Å². The molecule has 10 rings (SSSR count). The first-order chi connectivity index (χ1) is 27.5. The van der Waals surface area contributed by atoms with Gasteiger partial charge in [-0.05, 0) is 121 Å². The van der Waals surface area contributed by atoms with E-state index in [-0.39, 0.29) is 0 Å². The fourth-order valence-electron chi connectivity index (χ4n) is 8.45. The van der Waals surface area contributed by atoms with Crippen molar-refractivity contribution in [2.24, 2.45) is 0 Å². The van der Waals surface area contributed by atoms with Crippen LogP contribution >= 0.6 is 0 Å². The van der Waals surface area contributed by atoms with Crippen LogP contribution in [0.2, 0.25) is 0 Å². The number of benzene rings is 8. The lowest BCUT2D eigenvalue weighted by Crippen LogP contribution is -1.95. The topological polar surface area (TPSA) is 28.3 Å². The van der Waals surface area contributed by atoms with Crippen LogP contribution in [0, 0.1) is 13.8 Å². The third kappa shape index (κ3) is 5.45. The number of nitrogens with zero attached hydrogens (tertiary/aromatic N) is 2. The predicted molar refractivity (Wildman–Crippen MR) is 234 cm³/mol. The van der Waals surface area contributed by atoms with Gasteiger partial charge in [-0.3, -0.25) is 0 Å². The van der Waals surface area contributed by atoms with Gasteiger partial charge in [0.05, 0.1) is 36.3 Å². The highest BCUT2D eigenvalue weighted by atomic mass is 16.5. The van der Waals surface area contributed by atoms with Crippen molar-refractivity contribution >= 4 is 43.6 Å². The van der Waals surface area contributed by atoms with E-state index in [4.69, 9.17) is 9.47 Å². The van der Waals surface area contributed by atoms with Crippen LogP contribution in [0.1, 0.15) is 11.1 Å². The quantitative estimate of drug-likeness (QED) is 0.164. The lowest BCUT2D eigenvalue weighted by molar-refractivity contribution is 0.410. The normalized spacial score (nSPS) is 11.6. The van der Waals surface area contributed by atoms with E-state index in [1.165, 1.54) is 54.7 Å². The number of rotatable bonds is 7. The average Bonchev–Trinajstić information content (AvgIpc) is 3.76. The molecule has 56 heavy (non-hydrogen) atoms. The highest BCUT2D eigenvalue weighted by Crippen LogP contribution is 2.43. The second kappa shape index (κ2) is 13.4. The fourth-order valence-corrected chi connectivity index (χ4v) is 8.45. The van der Waals surface area contributed by atoms with Gasteiger partial charge in [-0.25, -0.2) is 0 Å². The van der Waals surface area contributed by atoms with E-state index in [1.807, 2.05) is 0 Å². The van der Waals surface area contributed by atoms with Crippen molar-refractivity contribution in [2.45, 2.75) is 13.8 Å². The fraction of sp³-hybridized carbons (Fsp3) is 0.0769. The lowest BCUT2D eigenvalue weighted by Gasteiger charge is -2.16. The largest absolute Gasteiger partial charge is 0.496 e. The summed E-state index contributed by atoms with van der Waals surface area (Å²) in [6.07, 6.45) is 0. The first kappa shape index (κ1) is 33.5. The minimum atomic E-state index is 0.790. The van der Waals surface area contributed by atoms with Crippen molar-refractivity contribution in [1.82, 2.24) is 9.13 Å². The van der Waals surface area contributed by atoms with Gasteiger partial charge >= 0.3 is 0 Å². The van der Waals surface area contributed by atoms with E-state index in [1.54, 1.807) is 14.2 Å². The molecule has 0 atom stereocenters. The first-order valence-electron chi connectivity index (χ1n) is 19.1. The summed E-state index contributed by atoms with van der Waals surface area (Å²) in [6, 6.07) is 61.4. The van der Waals surface area contributed by atoms with E-state index < -0.39 is 0 Å². The number of methoxy groups -OCH3 is 2. The van der Waals surface area contributed by atoms with E-state index in [2.05, 4.69) is 193 Å². The van der Waals surface area contributed by atoms with Gasteiger partial charge in [0, 0.05) is 44.0 Å². The summed E-state index contributed by atoms with van der Waals surface area (Å²) in [5.74, 6) is 1.58. The summed E-state index contributed by atoms with van der Waals surface area (Å²) in [5, 5.41) is 4.89. The van der Waals surface area contributed by atoms with Crippen molar-refractivity contribution in [3.8, 4) is 56.3 Å². The highest BCUT2D eigenvalue weighted by Gasteiger charge is 2.18. The molecular formula is C52H40N2O2. The number of ether oxygens (including phenoxy) is 2. The van der Waals surface area contributed by atoms with Crippen molar-refractivity contribution in [1.29, 1.82) is 0 Å². The second-order valence-corrected chi connectivity index (χ2v) is 14.7. The molecule has 270 valence electrons. The van der Waals surface area contributed by atoms with Crippen LogP contribution in [0.15, 0.2) is 170 Å². The summed E-state index contributed by atoms with van der Waals surface area (Å²) in [6.45, 7) is 4.26. The van der Waals surface area contributed by atoms with Crippen LogP contribution in [0.3, 0.4) is 0 Å². The van der Waals surface area contributed by atoms with Gasteiger partial charge in [-0.15, -0.1) is 0 Å². The zero-order chi connectivity index (χ0) is 37.9. The molecule has 0 saturated heterocycles. The summed E-state index contributed by atoms with van der Waals surface area (Å²) < 4.78 is 16.8. The Morgan fingerprint density at radius 3 is 1.11 bits per heavy atom. The van der Waals surface area contributed by atoms with Gasteiger partial charge in [-0.2, -0.15) is 0 Å². The minimum absolute atomic E-state index is 0.790. The zero-order valence-electron chi connectivity index (χ0n) is 31.9. The zero-order valence-corrected chi connectivity index (χ0v) is 31.9. The van der Waals surface area contributed by atoms with Gasteiger partial charge in [0.25, 0.3) is 0 Å². The molecule has 4 nitrogen and oxygen atoms in total. The Hall–Kier alpha value is -7.04. The molecule has 4 heteroatoms. The summed E-state index contributed by atoms with van der Waals surface area (Å²) >= 11 is 0. The van der Waals surface area contributed by atoms with Gasteiger partial charge in [0.1, 0.15) is 11.5 Å². The maximum absolute atomic E-state index is 6.02. The van der Waals surface area contributed by atoms with Crippen molar-refractivity contribution < 1.29 is 9.47 Å². The molecule has 0 bridgehead atoms. The van der Waals surface area contributed by atoms with Gasteiger partial charge in [0.15, 0.2) is 0 Å². The molecule has 10 aromatic rings. The van der Waals surface area contributed by atoms with Crippen molar-refractivity contribution in [3.63, 3.8) is 0 Å². The third-order valence-corrected chi connectivity index (χ3v) is 11.3. The Kier molecular flexibility index (Phi) is 8.00. The van der Waals surface area contributed by atoms with E-state index in [0.717, 1.165) is 56.3 Å². The number of aryl methyl sites for hydroxylation is 2. The van der Waals surface area contributed by atoms with Crippen LogP contribution in [-0.4, -0.2) is 23.4 Å². The van der Waals surface area contributed by atoms with Crippen LogP contribution in [-0.2, 0) is 0 Å². The molecular weight excluding hydrogens is 685 g/mol. The maximum Gasteiger partial charge on any atom is 0.126 e. The molecule has 0 aliphatic heterocycles. The Labute approximate surface area is 326 Å². The smallest absolute Gasteiger partial charge is 0.126 e. The standard InChI is InChI=1S/C52H40N2O2/c1-33-13-21-39(22-14-33)53-47-11-7-5-9-41(47)43-29-35(17-25-49(43)53)37-19-27-51(55-3)45(31-37)46-32-38(20-28-52(46)56-4)36-18-26-50-44(30-36)42-10-6-8-12-48(42)54(50)40-23-15-34(2)16-24-40/h5-32H,1-4H3. The Morgan fingerprint density at radius 1 is 0.339 bits per heavy atom. The van der Waals surface area contributed by atoms with Crippen molar-refractivity contribution in [2.75, 3.05) is 14.2 Å². The number of para-hydroxylation sites is 2. The molecule has 0 unspecified atom stereocenters. The van der Waals surface area contributed by atoms with Crippen LogP contribution in [0.4, 0.5) is 0 Å². The molecule has 2 heterocycles. The summed E-state index contributed by atoms with van der Waals surface area (Å²) in [7, 11) is 3.47. The number of fused-ring (bicyclic) bond motifs is 6. The van der Waals surface area contributed by atoms with E-state index in [9.17, 15) is 0 Å². The van der Waals surface area contributed by atoms with E-state index in [0.29, 0.717) is 0 Å². The third-order valence-electron chi connectivity index (χ3n) is 11.3. The molecule has 2 aromatic heterocycles. The predicted octanol–water partition coefficient (Wildman–Crippen LogP) is 13.5. The molecule has 0 N–H and O–H groups in total. The molecule has 0 radical (unpaired) electrons. The number of aromatic nitrogens is 2. The Morgan fingerprint density at radius 2 is 0.696 bits per heavy atom. The number of hydrogen-bond acceptors (Lipinski definition) is 2. The highest BCUT2D eigenvalue weighted by molar-refractivity contribution is 6.11. The molecule has 0 aliphatic rings. The first-order valence-corrected chi connectivity index (χ1v) is 19.1. The SMILES string of the molecule is COc1ccc(-c2ccc3c(c2)c2ccccc2n3-c2ccc(C)cc2)cc1-c1cc(-c2ccc3c(c2)c2ccccc2n3-c2ccc(C)cc2)ccc1OC. The minimum Gasteiger partial charge on any atom is -0.496 e. The molecule has 8 aromatic carbocycles. The average molecular weight is 725 g/mol. The molecule has 0 aliphatic carbocycles. The molecule has 0 fully saturated rings. The monoisotopic (exact) mass is 724 g/mol. The summed E-state index contributed by atoms with van der Waals surface area (Å²) in [4.78, 5) is 0. The van der Waals surface area contributed by atoms with Gasteiger partial charge in [0.2, 0.25) is 0 Å². The van der Waals surface area contributed by atoms with E-state index >= 15 is 0 Å². The molecule has 0 spiro atoms. The second-order valence-electron chi connectivity index (χ2n) is 14.7. The Balaban J connectivity index is 1.10. The number of hydrogen-bond donors (Lipinski definition) is 0. The van der Waals surface area contributed by atoms with Crippen LogP contribution in [0.5, 0.6) is 11.5 Å².